The molecule has 0 radical (unpaired) electrons. The van der Waals surface area contributed by atoms with Gasteiger partial charge in [-0.15, -0.1) is 0 Å². The minimum absolute atomic E-state index is 0.164. The van der Waals surface area contributed by atoms with Crippen LogP contribution < -0.4 is 0 Å². The molecule has 2 aromatic rings. The fraction of sp³-hybridized carbons (Fsp3) is 0. The van der Waals surface area contributed by atoms with Crippen molar-refractivity contribution in [3.63, 3.8) is 0 Å². The van der Waals surface area contributed by atoms with Crippen LogP contribution in [0.5, 0.6) is 0 Å². The van der Waals surface area contributed by atoms with Crippen molar-refractivity contribution in [3.05, 3.63) is 69.8 Å². The van der Waals surface area contributed by atoms with E-state index in [0.29, 0.717) is 11.1 Å². The van der Waals surface area contributed by atoms with Crippen molar-refractivity contribution < 1.29 is 13.9 Å². The van der Waals surface area contributed by atoms with Crippen LogP contribution >= 0.6 is 15.9 Å². The molecule has 104 valence electrons. The van der Waals surface area contributed by atoms with Gasteiger partial charge in [0.2, 0.25) is 5.90 Å². The van der Waals surface area contributed by atoms with E-state index < -0.39 is 5.97 Å². The Balaban J connectivity index is 1.93. The maximum absolute atomic E-state index is 12.8. The van der Waals surface area contributed by atoms with E-state index in [9.17, 15) is 9.18 Å². The van der Waals surface area contributed by atoms with Gasteiger partial charge in [0.25, 0.3) is 0 Å². The van der Waals surface area contributed by atoms with Crippen LogP contribution in [0.2, 0.25) is 0 Å². The maximum atomic E-state index is 12.8. The molecule has 1 aromatic heterocycles. The second-order valence-corrected chi connectivity index (χ2v) is 5.20. The van der Waals surface area contributed by atoms with Crippen molar-refractivity contribution in [2.45, 2.75) is 0 Å². The minimum atomic E-state index is -0.547. The third kappa shape index (κ3) is 3.05. The van der Waals surface area contributed by atoms with Gasteiger partial charge in [-0.2, -0.15) is 0 Å². The number of hydrogen-bond acceptors (Lipinski definition) is 4. The quantitative estimate of drug-likeness (QED) is 0.619. The molecule has 0 saturated carbocycles. The molecule has 4 nitrogen and oxygen atoms in total. The molecule has 2 heterocycles. The highest BCUT2D eigenvalue weighted by molar-refractivity contribution is 9.10. The highest BCUT2D eigenvalue weighted by atomic mass is 79.9. The van der Waals surface area contributed by atoms with Crippen LogP contribution in [0.25, 0.3) is 6.08 Å². The van der Waals surface area contributed by atoms with Gasteiger partial charge in [0.15, 0.2) is 5.70 Å². The van der Waals surface area contributed by atoms with E-state index >= 15 is 0 Å². The highest BCUT2D eigenvalue weighted by Gasteiger charge is 2.24. The second-order valence-electron chi connectivity index (χ2n) is 4.28. The van der Waals surface area contributed by atoms with Crippen LogP contribution in [0.1, 0.15) is 11.1 Å². The summed E-state index contributed by atoms with van der Waals surface area (Å²) in [6, 6.07) is 7.50. The maximum Gasteiger partial charge on any atom is 0.363 e. The van der Waals surface area contributed by atoms with E-state index in [-0.39, 0.29) is 17.4 Å². The van der Waals surface area contributed by atoms with E-state index in [1.54, 1.807) is 36.7 Å². The van der Waals surface area contributed by atoms with Crippen molar-refractivity contribution in [1.82, 2.24) is 4.98 Å². The Bertz CT molecular complexity index is 769. The number of ether oxygens (including phenoxy) is 1. The summed E-state index contributed by atoms with van der Waals surface area (Å²) < 4.78 is 18.7. The molecule has 1 aliphatic rings. The molecular weight excluding hydrogens is 339 g/mol. The van der Waals surface area contributed by atoms with E-state index in [1.807, 2.05) is 0 Å². The Kier molecular flexibility index (Phi) is 3.62. The first-order valence-electron chi connectivity index (χ1n) is 6.01. The summed E-state index contributed by atoms with van der Waals surface area (Å²) in [6.45, 7) is 0. The van der Waals surface area contributed by atoms with Crippen LogP contribution in [0.4, 0.5) is 4.39 Å². The first-order chi connectivity index (χ1) is 10.1. The molecular formula is C15H8BrFN2O2. The lowest BCUT2D eigenvalue weighted by Crippen LogP contribution is -2.05. The molecule has 0 atom stereocenters. The molecule has 0 saturated heterocycles. The summed E-state index contributed by atoms with van der Waals surface area (Å²) >= 11 is 3.29. The average molecular weight is 347 g/mol. The number of aliphatic imine (C=N–C) groups is 1. The number of rotatable bonds is 2. The van der Waals surface area contributed by atoms with E-state index in [4.69, 9.17) is 4.74 Å². The zero-order chi connectivity index (χ0) is 14.8. The zero-order valence-corrected chi connectivity index (χ0v) is 12.2. The minimum Gasteiger partial charge on any atom is -0.402 e. The van der Waals surface area contributed by atoms with Crippen molar-refractivity contribution in [2.24, 2.45) is 4.99 Å². The van der Waals surface area contributed by atoms with E-state index in [0.717, 1.165) is 4.47 Å². The fourth-order valence-corrected chi connectivity index (χ4v) is 2.14. The molecule has 0 amide bonds. The summed E-state index contributed by atoms with van der Waals surface area (Å²) in [6.07, 6.45) is 4.72. The molecule has 0 unspecified atom stereocenters. The van der Waals surface area contributed by atoms with Crippen molar-refractivity contribution in [2.75, 3.05) is 0 Å². The fourth-order valence-electron chi connectivity index (χ4n) is 1.78. The van der Waals surface area contributed by atoms with Gasteiger partial charge in [-0.3, -0.25) is 4.98 Å². The normalized spacial score (nSPS) is 16.0. The number of nitrogens with zero attached hydrogens (tertiary/aromatic N) is 2. The summed E-state index contributed by atoms with van der Waals surface area (Å²) in [5, 5.41) is 0. The third-order valence-corrected chi connectivity index (χ3v) is 3.18. The largest absolute Gasteiger partial charge is 0.402 e. The third-order valence-electron chi connectivity index (χ3n) is 2.75. The summed E-state index contributed by atoms with van der Waals surface area (Å²) in [4.78, 5) is 19.9. The van der Waals surface area contributed by atoms with Gasteiger partial charge in [0, 0.05) is 16.9 Å². The average Bonchev–Trinajstić information content (AvgIpc) is 2.83. The molecule has 0 N–H and O–H groups in total. The van der Waals surface area contributed by atoms with Gasteiger partial charge < -0.3 is 4.74 Å². The molecule has 0 bridgehead atoms. The molecule has 0 fully saturated rings. The predicted octanol–water partition coefficient (Wildman–Crippen LogP) is 3.33. The van der Waals surface area contributed by atoms with Gasteiger partial charge in [-0.1, -0.05) is 12.1 Å². The lowest BCUT2D eigenvalue weighted by molar-refractivity contribution is -0.129. The van der Waals surface area contributed by atoms with Gasteiger partial charge in [-0.05, 0) is 45.8 Å². The number of hydrogen-bond donors (Lipinski definition) is 0. The Morgan fingerprint density at radius 2 is 1.95 bits per heavy atom. The number of esters is 1. The first-order valence-corrected chi connectivity index (χ1v) is 6.80. The van der Waals surface area contributed by atoms with Crippen LogP contribution in [-0.4, -0.2) is 16.9 Å². The SMILES string of the molecule is O=C1OC(c2cncc(Br)c2)=NC1=Cc1ccc(F)cc1. The summed E-state index contributed by atoms with van der Waals surface area (Å²) in [5.74, 6) is -0.688. The number of carbonyl (C=O) groups excluding carboxylic acids is 1. The zero-order valence-electron chi connectivity index (χ0n) is 10.6. The topological polar surface area (TPSA) is 51.5 Å². The molecule has 3 rings (SSSR count). The predicted molar refractivity (Wildman–Crippen MR) is 78.9 cm³/mol. The smallest absolute Gasteiger partial charge is 0.363 e. The number of cyclic esters (lactones) is 1. The van der Waals surface area contributed by atoms with Crippen molar-refractivity contribution >= 4 is 33.9 Å². The Hall–Kier alpha value is -2.34. The standard InChI is InChI=1S/C15H8BrFN2O2/c16-11-6-10(7-18-8-11)14-19-13(15(20)21-14)5-9-1-3-12(17)4-2-9/h1-8H. The Morgan fingerprint density at radius 1 is 1.19 bits per heavy atom. The lowest BCUT2D eigenvalue weighted by atomic mass is 10.2. The van der Waals surface area contributed by atoms with Gasteiger partial charge in [0.05, 0.1) is 5.56 Å². The molecule has 21 heavy (non-hydrogen) atoms. The number of carbonyl (C=O) groups is 1. The van der Waals surface area contributed by atoms with Gasteiger partial charge in [-0.25, -0.2) is 14.2 Å². The summed E-state index contributed by atoms with van der Waals surface area (Å²) in [5.41, 5.74) is 1.43. The van der Waals surface area contributed by atoms with Crippen LogP contribution in [-0.2, 0) is 9.53 Å². The molecule has 1 aromatic carbocycles. The monoisotopic (exact) mass is 346 g/mol. The number of pyridine rings is 1. The van der Waals surface area contributed by atoms with Crippen LogP contribution in [0.3, 0.4) is 0 Å². The second kappa shape index (κ2) is 5.57. The summed E-state index contributed by atoms with van der Waals surface area (Å²) in [7, 11) is 0. The van der Waals surface area contributed by atoms with Crippen molar-refractivity contribution in [3.8, 4) is 0 Å². The Morgan fingerprint density at radius 3 is 2.67 bits per heavy atom. The number of benzene rings is 1. The van der Waals surface area contributed by atoms with Gasteiger partial charge >= 0.3 is 5.97 Å². The number of aromatic nitrogens is 1. The highest BCUT2D eigenvalue weighted by Crippen LogP contribution is 2.20. The van der Waals surface area contributed by atoms with Crippen LogP contribution in [0, 0.1) is 5.82 Å². The van der Waals surface area contributed by atoms with E-state index in [2.05, 4.69) is 25.9 Å². The molecule has 0 aliphatic carbocycles. The molecule has 1 aliphatic heterocycles. The van der Waals surface area contributed by atoms with Crippen LogP contribution in [0.15, 0.2) is 57.9 Å². The molecule has 6 heteroatoms. The first kappa shape index (κ1) is 13.6. The molecule has 0 spiro atoms. The van der Waals surface area contributed by atoms with E-state index in [1.165, 1.54) is 12.1 Å². The van der Waals surface area contributed by atoms with Crippen molar-refractivity contribution in [1.29, 1.82) is 0 Å². The van der Waals surface area contributed by atoms with Gasteiger partial charge in [0.1, 0.15) is 5.82 Å². The Labute approximate surface area is 128 Å². The number of halogens is 2. The lowest BCUT2D eigenvalue weighted by Gasteiger charge is -1.98.